The maximum absolute atomic E-state index is 14.4. The number of nitrogens with zero attached hydrogens (tertiary/aromatic N) is 3. The van der Waals surface area contributed by atoms with Crippen molar-refractivity contribution < 1.29 is 32.3 Å². The molecule has 1 aromatic carbocycles. The molecule has 0 unspecified atom stereocenters. The highest BCUT2D eigenvalue weighted by Crippen LogP contribution is 2.48. The summed E-state index contributed by atoms with van der Waals surface area (Å²) >= 11 is 0. The third-order valence-electron chi connectivity index (χ3n) is 11.6. The lowest BCUT2D eigenvalue weighted by molar-refractivity contribution is -0.140. The van der Waals surface area contributed by atoms with Gasteiger partial charge in [0.25, 0.3) is 5.91 Å². The van der Waals surface area contributed by atoms with Crippen LogP contribution in [0.1, 0.15) is 88.8 Å². The topological polar surface area (TPSA) is 157 Å². The molecule has 13 heteroatoms. The largest absolute Gasteiger partial charge is 0.496 e. The van der Waals surface area contributed by atoms with Gasteiger partial charge in [-0.3, -0.25) is 24.1 Å². The Hall–Kier alpha value is -4.52. The van der Waals surface area contributed by atoms with Gasteiger partial charge in [0.15, 0.2) is 0 Å². The summed E-state index contributed by atoms with van der Waals surface area (Å²) in [4.78, 5) is 53.8. The van der Waals surface area contributed by atoms with Gasteiger partial charge in [-0.1, -0.05) is 32.1 Å². The Kier molecular flexibility index (Phi) is 10.5. The zero-order valence-electron chi connectivity index (χ0n) is 31.8. The number of carbonyl (C=O) groups excluding carboxylic acids is 3. The third kappa shape index (κ3) is 7.56. The fourth-order valence-corrected chi connectivity index (χ4v) is 9.42. The first-order valence-corrected chi connectivity index (χ1v) is 20.8. The van der Waals surface area contributed by atoms with Crippen molar-refractivity contribution in [1.29, 1.82) is 0 Å². The van der Waals surface area contributed by atoms with Crippen molar-refractivity contribution in [2.24, 2.45) is 17.8 Å². The molecule has 0 spiro atoms. The Morgan fingerprint density at radius 1 is 1.02 bits per heavy atom. The maximum atomic E-state index is 14.4. The molecule has 5 atom stereocenters. The number of amides is 3. The zero-order chi connectivity index (χ0) is 38.4. The summed E-state index contributed by atoms with van der Waals surface area (Å²) in [5, 5.41) is 3.18. The molecule has 0 saturated heterocycles. The lowest BCUT2D eigenvalue weighted by Gasteiger charge is -2.26. The number of pyridine rings is 2. The van der Waals surface area contributed by atoms with E-state index in [2.05, 4.69) is 30.0 Å². The Bertz CT molecular complexity index is 2100. The SMILES string of the molecule is COc1ccc2c(O[C@@H]3C[C@H]4C(=O)N[C@]5(C(=O)NS(=O)(=O)C6CC6)C[C@H]5C/C=C\CCCCN(C)C(=O)[C@@H]4C3)cc(-c3cccc(C(C)C)n3)nc2c1C. The Morgan fingerprint density at radius 3 is 2.54 bits per heavy atom. The minimum absolute atomic E-state index is 0.149. The normalized spacial score (nSPS) is 27.0. The molecule has 0 radical (unpaired) electrons. The molecule has 12 nitrogen and oxygen atoms in total. The summed E-state index contributed by atoms with van der Waals surface area (Å²) in [5.41, 5.74) is 2.43. The summed E-state index contributed by atoms with van der Waals surface area (Å²) in [6, 6.07) is 11.5. The van der Waals surface area contributed by atoms with Gasteiger partial charge in [0.1, 0.15) is 23.1 Å². The molecule has 2 N–H and O–H groups in total. The van der Waals surface area contributed by atoms with Crippen LogP contribution in [0, 0.1) is 24.7 Å². The second kappa shape index (κ2) is 15.0. The lowest BCUT2D eigenvalue weighted by Crippen LogP contribution is -2.54. The average molecular weight is 758 g/mol. The Morgan fingerprint density at radius 2 is 1.80 bits per heavy atom. The molecular formula is C41H51N5O7S. The number of benzene rings is 1. The van der Waals surface area contributed by atoms with Crippen molar-refractivity contribution in [3.8, 4) is 22.9 Å². The molecule has 0 bridgehead atoms. The number of aromatic nitrogens is 2. The average Bonchev–Trinajstić information content (AvgIpc) is 4.08. The molecule has 7 rings (SSSR count). The van der Waals surface area contributed by atoms with Crippen molar-refractivity contribution in [2.45, 2.75) is 101 Å². The van der Waals surface area contributed by atoms with Crippen molar-refractivity contribution in [2.75, 3.05) is 20.7 Å². The summed E-state index contributed by atoms with van der Waals surface area (Å²) < 4.78 is 40.4. The van der Waals surface area contributed by atoms with Crippen molar-refractivity contribution in [3.05, 3.63) is 59.8 Å². The zero-order valence-corrected chi connectivity index (χ0v) is 32.6. The summed E-state index contributed by atoms with van der Waals surface area (Å²) in [6.45, 7) is 6.68. The van der Waals surface area contributed by atoms with Crippen molar-refractivity contribution >= 4 is 38.6 Å². The van der Waals surface area contributed by atoms with Gasteiger partial charge in [0, 0.05) is 36.3 Å². The highest BCUT2D eigenvalue weighted by molar-refractivity contribution is 7.91. The summed E-state index contributed by atoms with van der Waals surface area (Å²) in [7, 11) is -0.443. The molecule has 3 aliphatic carbocycles. The van der Waals surface area contributed by atoms with Gasteiger partial charge in [-0.15, -0.1) is 0 Å². The standard InChI is InChI=1S/C41H51N5O7S/c1-24(2)32-13-11-14-33(42-32)34-22-36(29-17-18-35(52-5)25(3)37(29)43-34)53-27-20-30-31(21-27)39(48)46(4)19-10-8-6-7-9-12-26-23-41(26,44-38(30)47)40(49)45-54(50,51)28-15-16-28/h7,9,11,13-14,17-18,22,24,26-28,30-31H,6,8,10,12,15-16,19-21,23H2,1-5H3,(H,44,47)(H,45,49)/b9-7-/t26-,27-,30-,31-,41-/m1/s1. The predicted octanol–water partition coefficient (Wildman–Crippen LogP) is 5.58. The van der Waals surface area contributed by atoms with E-state index in [9.17, 15) is 22.8 Å². The number of nitrogens with one attached hydrogen (secondary N) is 2. The van der Waals surface area contributed by atoms with Crippen LogP contribution in [0.25, 0.3) is 22.3 Å². The minimum atomic E-state index is -3.83. The highest BCUT2D eigenvalue weighted by Gasteiger charge is 2.62. The van der Waals surface area contributed by atoms with Gasteiger partial charge in [-0.25, -0.2) is 13.4 Å². The molecule has 3 amide bonds. The smallest absolute Gasteiger partial charge is 0.259 e. The van der Waals surface area contributed by atoms with Crippen LogP contribution in [0.2, 0.25) is 0 Å². The molecule has 4 aliphatic rings. The van der Waals surface area contributed by atoms with E-state index in [4.69, 9.17) is 19.4 Å². The van der Waals surface area contributed by atoms with Crippen LogP contribution in [0.5, 0.6) is 11.5 Å². The van der Waals surface area contributed by atoms with E-state index in [1.807, 2.05) is 49.4 Å². The number of fused-ring (bicyclic) bond motifs is 3. The van der Waals surface area contributed by atoms with Crippen LogP contribution in [-0.2, 0) is 24.4 Å². The molecule has 54 heavy (non-hydrogen) atoms. The molecule has 1 aliphatic heterocycles. The first-order chi connectivity index (χ1) is 25.8. The number of carbonyl (C=O) groups is 3. The first-order valence-electron chi connectivity index (χ1n) is 19.2. The van der Waals surface area contributed by atoms with E-state index < -0.39 is 50.6 Å². The van der Waals surface area contributed by atoms with Gasteiger partial charge in [-0.2, -0.15) is 0 Å². The molecule has 3 heterocycles. The van der Waals surface area contributed by atoms with Gasteiger partial charge < -0.3 is 19.7 Å². The van der Waals surface area contributed by atoms with E-state index in [-0.39, 0.29) is 30.6 Å². The van der Waals surface area contributed by atoms with Crippen LogP contribution in [-0.4, -0.2) is 78.6 Å². The van der Waals surface area contributed by atoms with Gasteiger partial charge >= 0.3 is 0 Å². The number of sulfonamides is 1. The second-order valence-electron chi connectivity index (χ2n) is 15.8. The van der Waals surface area contributed by atoms with Gasteiger partial charge in [-0.05, 0) is 101 Å². The number of ether oxygens (including phenoxy) is 2. The number of aryl methyl sites for hydroxylation is 1. The van der Waals surface area contributed by atoms with Crippen LogP contribution in [0.3, 0.4) is 0 Å². The number of allylic oxidation sites excluding steroid dienone is 2. The molecule has 2 aromatic heterocycles. The molecule has 288 valence electrons. The molecule has 3 fully saturated rings. The summed E-state index contributed by atoms with van der Waals surface area (Å²) in [5.74, 6) is -1.58. The Balaban J connectivity index is 1.22. The number of methoxy groups -OCH3 is 1. The predicted molar refractivity (Wildman–Crippen MR) is 205 cm³/mol. The van der Waals surface area contributed by atoms with E-state index in [0.29, 0.717) is 60.6 Å². The fraction of sp³-hybridized carbons (Fsp3) is 0.537. The third-order valence-corrected chi connectivity index (χ3v) is 13.4. The second-order valence-corrected chi connectivity index (χ2v) is 17.8. The van der Waals surface area contributed by atoms with E-state index in [1.165, 1.54) is 0 Å². The molecular weight excluding hydrogens is 707 g/mol. The first kappa shape index (κ1) is 37.8. The number of hydrogen-bond donors (Lipinski definition) is 2. The van der Waals surface area contributed by atoms with Crippen LogP contribution >= 0.6 is 0 Å². The van der Waals surface area contributed by atoms with Gasteiger partial charge in [0.2, 0.25) is 21.8 Å². The fourth-order valence-electron chi connectivity index (χ4n) is 8.05. The lowest BCUT2D eigenvalue weighted by atomic mass is 9.93. The molecule has 3 aromatic rings. The van der Waals surface area contributed by atoms with Crippen molar-refractivity contribution in [3.63, 3.8) is 0 Å². The van der Waals surface area contributed by atoms with Crippen LogP contribution in [0.15, 0.2) is 48.6 Å². The van der Waals surface area contributed by atoms with E-state index in [1.54, 1.807) is 19.1 Å². The maximum Gasteiger partial charge on any atom is 0.259 e. The van der Waals surface area contributed by atoms with E-state index >= 15 is 0 Å². The highest BCUT2D eigenvalue weighted by atomic mass is 32.2. The minimum Gasteiger partial charge on any atom is -0.496 e. The van der Waals surface area contributed by atoms with Gasteiger partial charge in [0.05, 0.1) is 41.1 Å². The number of hydrogen-bond acceptors (Lipinski definition) is 9. The quantitative estimate of drug-likeness (QED) is 0.280. The van der Waals surface area contributed by atoms with E-state index in [0.717, 1.165) is 35.9 Å². The number of rotatable bonds is 8. The van der Waals surface area contributed by atoms with Crippen LogP contribution in [0.4, 0.5) is 0 Å². The van der Waals surface area contributed by atoms with Crippen molar-refractivity contribution in [1.82, 2.24) is 24.9 Å². The van der Waals surface area contributed by atoms with Crippen LogP contribution < -0.4 is 19.5 Å². The molecule has 3 saturated carbocycles. The monoisotopic (exact) mass is 757 g/mol. The Labute approximate surface area is 317 Å². The summed E-state index contributed by atoms with van der Waals surface area (Å²) in [6.07, 6.45) is 8.47.